The van der Waals surface area contributed by atoms with Crippen molar-refractivity contribution in [3.8, 4) is 0 Å². The first-order chi connectivity index (χ1) is 9.24. The summed E-state index contributed by atoms with van der Waals surface area (Å²) < 4.78 is 14.1. The predicted molar refractivity (Wildman–Crippen MR) is 82.8 cm³/mol. The van der Waals surface area contributed by atoms with E-state index < -0.39 is 0 Å². The van der Waals surface area contributed by atoms with Gasteiger partial charge < -0.3 is 5.32 Å². The van der Waals surface area contributed by atoms with Crippen LogP contribution in [0.15, 0.2) is 18.2 Å². The van der Waals surface area contributed by atoms with E-state index in [0.29, 0.717) is 6.04 Å². The summed E-state index contributed by atoms with van der Waals surface area (Å²) in [5.74, 6) is -0.192. The van der Waals surface area contributed by atoms with E-state index in [0.717, 1.165) is 20.6 Å². The first kappa shape index (κ1) is 13.2. The molecule has 5 heteroatoms. The lowest BCUT2D eigenvalue weighted by Gasteiger charge is -2.28. The van der Waals surface area contributed by atoms with E-state index in [2.05, 4.69) is 16.6 Å². The monoisotopic (exact) mass is 296 g/mol. The van der Waals surface area contributed by atoms with Crippen LogP contribution >= 0.6 is 23.1 Å². The zero-order chi connectivity index (χ0) is 13.2. The maximum atomic E-state index is 13.2. The summed E-state index contributed by atoms with van der Waals surface area (Å²) in [5, 5.41) is 5.21. The maximum absolute atomic E-state index is 13.2. The highest BCUT2D eigenvalue weighted by Gasteiger charge is 2.21. The van der Waals surface area contributed by atoms with Crippen molar-refractivity contribution in [1.82, 2.24) is 4.98 Å². The summed E-state index contributed by atoms with van der Waals surface area (Å²) in [4.78, 5) is 4.53. The molecule has 0 bridgehead atoms. The molecule has 0 amide bonds. The van der Waals surface area contributed by atoms with Gasteiger partial charge in [-0.2, -0.15) is 11.8 Å². The van der Waals surface area contributed by atoms with Crippen molar-refractivity contribution >= 4 is 38.4 Å². The van der Waals surface area contributed by atoms with E-state index in [4.69, 9.17) is 0 Å². The van der Waals surface area contributed by atoms with Gasteiger partial charge in [-0.15, -0.1) is 0 Å². The van der Waals surface area contributed by atoms with E-state index in [1.165, 1.54) is 31.7 Å². The van der Waals surface area contributed by atoms with Crippen LogP contribution in [-0.4, -0.2) is 22.5 Å². The highest BCUT2D eigenvalue weighted by atomic mass is 32.2. The summed E-state index contributed by atoms with van der Waals surface area (Å²) in [7, 11) is 0. The van der Waals surface area contributed by atoms with Crippen molar-refractivity contribution in [1.29, 1.82) is 0 Å². The van der Waals surface area contributed by atoms with Crippen LogP contribution in [0.1, 0.15) is 25.7 Å². The van der Waals surface area contributed by atoms with Gasteiger partial charge in [0.1, 0.15) is 5.82 Å². The minimum absolute atomic E-state index is 0.192. The summed E-state index contributed by atoms with van der Waals surface area (Å²) in [6, 6.07) is 5.29. The zero-order valence-corrected chi connectivity index (χ0v) is 12.5. The summed E-state index contributed by atoms with van der Waals surface area (Å²) in [5.41, 5.74) is 0.881. The molecule has 2 atom stereocenters. The number of rotatable bonds is 3. The number of benzene rings is 1. The molecule has 3 rings (SSSR count). The average Bonchev–Trinajstić information content (AvgIpc) is 2.80. The smallest absolute Gasteiger partial charge is 0.184 e. The van der Waals surface area contributed by atoms with Crippen LogP contribution in [0.4, 0.5) is 9.52 Å². The first-order valence-corrected chi connectivity index (χ1v) is 8.70. The van der Waals surface area contributed by atoms with Gasteiger partial charge in [0.05, 0.1) is 10.2 Å². The third-order valence-electron chi connectivity index (χ3n) is 3.64. The number of thioether (sulfide) groups is 1. The van der Waals surface area contributed by atoms with Crippen LogP contribution < -0.4 is 5.32 Å². The summed E-state index contributed by atoms with van der Waals surface area (Å²) in [6.07, 6.45) is 7.20. The average molecular weight is 296 g/mol. The Kier molecular flexibility index (Phi) is 3.93. The second kappa shape index (κ2) is 5.67. The highest BCUT2D eigenvalue weighted by molar-refractivity contribution is 7.99. The number of halogens is 1. The molecular formula is C14H17FN2S2. The fraction of sp³-hybridized carbons (Fsp3) is 0.500. The predicted octanol–water partition coefficient (Wildman–Crippen LogP) is 4.52. The van der Waals surface area contributed by atoms with E-state index in [9.17, 15) is 4.39 Å². The fourth-order valence-electron chi connectivity index (χ4n) is 2.62. The molecule has 2 unspecified atom stereocenters. The molecule has 1 saturated carbocycles. The molecule has 102 valence electrons. The quantitative estimate of drug-likeness (QED) is 0.901. The second-order valence-corrected chi connectivity index (χ2v) is 7.17. The molecule has 1 fully saturated rings. The Morgan fingerprint density at radius 2 is 2.32 bits per heavy atom. The zero-order valence-electron chi connectivity index (χ0n) is 10.9. The molecule has 2 aromatic rings. The minimum Gasteiger partial charge on any atom is -0.359 e. The van der Waals surface area contributed by atoms with Crippen molar-refractivity contribution < 1.29 is 4.39 Å². The molecule has 0 radical (unpaired) electrons. The third kappa shape index (κ3) is 3.03. The molecule has 0 aliphatic heterocycles. The van der Waals surface area contributed by atoms with Crippen molar-refractivity contribution in [2.75, 3.05) is 11.6 Å². The van der Waals surface area contributed by atoms with Crippen molar-refractivity contribution in [3.05, 3.63) is 24.0 Å². The molecule has 2 nitrogen and oxygen atoms in total. The molecule has 19 heavy (non-hydrogen) atoms. The molecule has 1 aromatic carbocycles. The lowest BCUT2D eigenvalue weighted by molar-refractivity contribution is 0.473. The second-order valence-electron chi connectivity index (χ2n) is 5.00. The van der Waals surface area contributed by atoms with E-state index in [1.807, 2.05) is 11.8 Å². The van der Waals surface area contributed by atoms with Crippen LogP contribution in [0.25, 0.3) is 10.2 Å². The Morgan fingerprint density at radius 1 is 1.42 bits per heavy atom. The van der Waals surface area contributed by atoms with Gasteiger partial charge in [-0.1, -0.05) is 17.8 Å². The fourth-order valence-corrected chi connectivity index (χ4v) is 4.42. The van der Waals surface area contributed by atoms with Crippen LogP contribution in [0.2, 0.25) is 0 Å². The Bertz CT molecular complexity index is 570. The van der Waals surface area contributed by atoms with Crippen LogP contribution in [0.5, 0.6) is 0 Å². The molecule has 0 spiro atoms. The van der Waals surface area contributed by atoms with Gasteiger partial charge in [-0.3, -0.25) is 0 Å². The van der Waals surface area contributed by atoms with Crippen molar-refractivity contribution in [2.45, 2.75) is 37.0 Å². The third-order valence-corrected chi connectivity index (χ3v) is 5.68. The van der Waals surface area contributed by atoms with E-state index in [-0.39, 0.29) is 5.82 Å². The van der Waals surface area contributed by atoms with Gasteiger partial charge in [-0.05, 0) is 43.7 Å². The minimum atomic E-state index is -0.192. The number of thiazole rings is 1. The van der Waals surface area contributed by atoms with Crippen LogP contribution in [0, 0.1) is 5.82 Å². The van der Waals surface area contributed by atoms with Crippen LogP contribution in [-0.2, 0) is 0 Å². The largest absolute Gasteiger partial charge is 0.359 e. The van der Waals surface area contributed by atoms with Crippen molar-refractivity contribution in [2.24, 2.45) is 0 Å². The number of nitrogens with zero attached hydrogens (tertiary/aromatic N) is 1. The normalized spacial score (nSPS) is 23.7. The maximum Gasteiger partial charge on any atom is 0.184 e. The van der Waals surface area contributed by atoms with Gasteiger partial charge in [0.25, 0.3) is 0 Å². The molecule has 1 aliphatic carbocycles. The van der Waals surface area contributed by atoms with Crippen molar-refractivity contribution in [3.63, 3.8) is 0 Å². The molecule has 1 aromatic heterocycles. The van der Waals surface area contributed by atoms with E-state index >= 15 is 0 Å². The Morgan fingerprint density at radius 3 is 3.16 bits per heavy atom. The number of anilines is 1. The molecule has 1 N–H and O–H groups in total. The lowest BCUT2D eigenvalue weighted by Crippen LogP contribution is -2.28. The van der Waals surface area contributed by atoms with Gasteiger partial charge in [0.2, 0.25) is 0 Å². The Labute approximate surface area is 120 Å². The van der Waals surface area contributed by atoms with Gasteiger partial charge in [0.15, 0.2) is 5.13 Å². The number of hydrogen-bond acceptors (Lipinski definition) is 4. The number of hydrogen-bond donors (Lipinski definition) is 1. The lowest BCUT2D eigenvalue weighted by atomic mass is 9.95. The SMILES string of the molecule is CSC1CCCC(Nc2nc3ccc(F)cc3s2)C1. The van der Waals surface area contributed by atoms with E-state index in [1.54, 1.807) is 23.5 Å². The van der Waals surface area contributed by atoms with Crippen LogP contribution in [0.3, 0.4) is 0 Å². The molecule has 1 aliphatic rings. The Balaban J connectivity index is 1.74. The molecule has 0 saturated heterocycles. The van der Waals surface area contributed by atoms with Gasteiger partial charge in [-0.25, -0.2) is 9.37 Å². The Hall–Kier alpha value is -0.810. The highest BCUT2D eigenvalue weighted by Crippen LogP contribution is 2.31. The summed E-state index contributed by atoms with van der Waals surface area (Å²) in [6.45, 7) is 0. The first-order valence-electron chi connectivity index (χ1n) is 6.60. The standard InChI is InChI=1S/C14H17FN2S2/c1-18-11-4-2-3-10(8-11)16-14-17-12-6-5-9(15)7-13(12)19-14/h5-7,10-11H,2-4,8H2,1H3,(H,16,17). The van der Waals surface area contributed by atoms with Gasteiger partial charge >= 0.3 is 0 Å². The summed E-state index contributed by atoms with van der Waals surface area (Å²) >= 11 is 3.51. The number of nitrogens with one attached hydrogen (secondary N) is 1. The number of fused-ring (bicyclic) bond motifs is 1. The van der Waals surface area contributed by atoms with Gasteiger partial charge in [0, 0.05) is 11.3 Å². The molecular weight excluding hydrogens is 279 g/mol. The molecule has 1 heterocycles. The topological polar surface area (TPSA) is 24.9 Å². The number of aromatic nitrogens is 1.